The first kappa shape index (κ1) is 14.7. The van der Waals surface area contributed by atoms with E-state index >= 15 is 0 Å². The summed E-state index contributed by atoms with van der Waals surface area (Å²) in [5.74, 6) is 0.451. The van der Waals surface area contributed by atoms with E-state index in [9.17, 15) is 4.79 Å². The number of carbonyl (C=O) groups is 1. The predicted molar refractivity (Wildman–Crippen MR) is 73.3 cm³/mol. The highest BCUT2D eigenvalue weighted by Crippen LogP contribution is 2.18. The van der Waals surface area contributed by atoms with Gasteiger partial charge >= 0.3 is 0 Å². The molecule has 100 valence electrons. The largest absolute Gasteiger partial charge is 0.314 e. The van der Waals surface area contributed by atoms with Gasteiger partial charge in [0.1, 0.15) is 5.78 Å². The van der Waals surface area contributed by atoms with Crippen LogP contribution in [0.15, 0.2) is 0 Å². The highest BCUT2D eigenvalue weighted by molar-refractivity contribution is 5.78. The van der Waals surface area contributed by atoms with Crippen molar-refractivity contribution in [1.82, 2.24) is 5.32 Å². The molecule has 0 aromatic rings. The maximum atomic E-state index is 11.5. The average molecular weight is 239 g/mol. The van der Waals surface area contributed by atoms with Crippen LogP contribution in [0.2, 0.25) is 0 Å². The molecule has 1 N–H and O–H groups in total. The molecule has 0 aromatic carbocycles. The summed E-state index contributed by atoms with van der Waals surface area (Å²) in [6.45, 7) is 3.15. The number of Topliss-reactive ketones (excluding diaryl/α,β-unsaturated/α-hetero) is 1. The zero-order valence-electron chi connectivity index (χ0n) is 11.5. The van der Waals surface area contributed by atoms with E-state index in [0.717, 1.165) is 31.8 Å². The van der Waals surface area contributed by atoms with E-state index in [-0.39, 0.29) is 0 Å². The molecule has 0 saturated heterocycles. The zero-order valence-corrected chi connectivity index (χ0v) is 11.5. The molecule has 0 spiro atoms. The molecule has 1 saturated carbocycles. The minimum absolute atomic E-state index is 0.451. The lowest BCUT2D eigenvalue weighted by molar-refractivity contribution is -0.119. The van der Waals surface area contributed by atoms with Gasteiger partial charge in [0, 0.05) is 25.4 Å². The van der Waals surface area contributed by atoms with Gasteiger partial charge in [-0.05, 0) is 19.3 Å². The first-order valence-corrected chi connectivity index (χ1v) is 7.58. The van der Waals surface area contributed by atoms with E-state index < -0.39 is 0 Å². The van der Waals surface area contributed by atoms with Gasteiger partial charge in [-0.2, -0.15) is 0 Å². The molecule has 1 aliphatic carbocycles. The van der Waals surface area contributed by atoms with Crippen molar-refractivity contribution >= 4 is 5.78 Å². The number of unbranched alkanes of at least 4 members (excludes halogenated alkanes) is 6. The van der Waals surface area contributed by atoms with Gasteiger partial charge in [0.05, 0.1) is 0 Å². The molecule has 1 fully saturated rings. The Hall–Kier alpha value is -0.370. The molecule has 0 aromatic heterocycles. The van der Waals surface area contributed by atoms with Crippen LogP contribution in [0.5, 0.6) is 0 Å². The maximum Gasteiger partial charge on any atom is 0.134 e. The van der Waals surface area contributed by atoms with E-state index in [2.05, 4.69) is 12.2 Å². The van der Waals surface area contributed by atoms with Gasteiger partial charge in [0.2, 0.25) is 0 Å². The molecule has 0 radical (unpaired) electrons. The second-order valence-electron chi connectivity index (χ2n) is 5.39. The molecular formula is C15H29NO. The molecule has 2 nitrogen and oxygen atoms in total. The van der Waals surface area contributed by atoms with Crippen molar-refractivity contribution in [3.05, 3.63) is 0 Å². The summed E-state index contributed by atoms with van der Waals surface area (Å²) in [4.78, 5) is 11.5. The SMILES string of the molecule is CCCCCCCCCC(=O)CCNC1CC1. The summed E-state index contributed by atoms with van der Waals surface area (Å²) in [6, 6.07) is 0.737. The summed E-state index contributed by atoms with van der Waals surface area (Å²) < 4.78 is 0. The monoisotopic (exact) mass is 239 g/mol. The first-order chi connectivity index (χ1) is 8.33. The predicted octanol–water partition coefficient (Wildman–Crippen LogP) is 3.84. The Kier molecular flexibility index (Phi) is 8.33. The van der Waals surface area contributed by atoms with Crippen molar-refractivity contribution in [2.24, 2.45) is 0 Å². The van der Waals surface area contributed by atoms with Gasteiger partial charge in [0.25, 0.3) is 0 Å². The minimum Gasteiger partial charge on any atom is -0.314 e. The molecular weight excluding hydrogens is 210 g/mol. The van der Waals surface area contributed by atoms with E-state index in [0.29, 0.717) is 5.78 Å². The number of hydrogen-bond donors (Lipinski definition) is 1. The van der Waals surface area contributed by atoms with Crippen LogP contribution >= 0.6 is 0 Å². The van der Waals surface area contributed by atoms with Crippen molar-refractivity contribution in [1.29, 1.82) is 0 Å². The van der Waals surface area contributed by atoms with Gasteiger partial charge in [0.15, 0.2) is 0 Å². The lowest BCUT2D eigenvalue weighted by Gasteiger charge is -2.03. The van der Waals surface area contributed by atoms with Crippen LogP contribution in [0.1, 0.15) is 77.6 Å². The minimum atomic E-state index is 0.451. The van der Waals surface area contributed by atoms with Gasteiger partial charge < -0.3 is 5.32 Å². The fourth-order valence-corrected chi connectivity index (χ4v) is 2.11. The van der Waals surface area contributed by atoms with Crippen LogP contribution in [0, 0.1) is 0 Å². The van der Waals surface area contributed by atoms with Crippen molar-refractivity contribution in [2.45, 2.75) is 83.6 Å². The molecule has 1 aliphatic rings. The van der Waals surface area contributed by atoms with Gasteiger partial charge in [-0.15, -0.1) is 0 Å². The molecule has 0 heterocycles. The Balaban J connectivity index is 1.76. The van der Waals surface area contributed by atoms with Crippen molar-refractivity contribution in [2.75, 3.05) is 6.54 Å². The third-order valence-electron chi connectivity index (χ3n) is 3.47. The lowest BCUT2D eigenvalue weighted by Crippen LogP contribution is -2.20. The lowest BCUT2D eigenvalue weighted by atomic mass is 10.1. The van der Waals surface area contributed by atoms with Crippen LogP contribution in [0.25, 0.3) is 0 Å². The molecule has 17 heavy (non-hydrogen) atoms. The van der Waals surface area contributed by atoms with Crippen LogP contribution in [0.3, 0.4) is 0 Å². The highest BCUT2D eigenvalue weighted by atomic mass is 16.1. The van der Waals surface area contributed by atoms with Gasteiger partial charge in [-0.1, -0.05) is 45.4 Å². The second kappa shape index (κ2) is 9.64. The number of carbonyl (C=O) groups excluding carboxylic acids is 1. The van der Waals surface area contributed by atoms with Crippen LogP contribution in [-0.4, -0.2) is 18.4 Å². The summed E-state index contributed by atoms with van der Waals surface area (Å²) in [5.41, 5.74) is 0. The van der Waals surface area contributed by atoms with E-state index in [1.54, 1.807) is 0 Å². The van der Waals surface area contributed by atoms with Crippen LogP contribution < -0.4 is 5.32 Å². The van der Waals surface area contributed by atoms with Crippen molar-refractivity contribution in [3.8, 4) is 0 Å². The molecule has 1 rings (SSSR count). The van der Waals surface area contributed by atoms with Crippen molar-refractivity contribution < 1.29 is 4.79 Å². The van der Waals surface area contributed by atoms with Crippen LogP contribution in [-0.2, 0) is 4.79 Å². The Bertz CT molecular complexity index is 199. The number of rotatable bonds is 12. The quantitative estimate of drug-likeness (QED) is 0.524. The summed E-state index contributed by atoms with van der Waals surface area (Å²) in [7, 11) is 0. The van der Waals surface area contributed by atoms with E-state index in [4.69, 9.17) is 0 Å². The summed E-state index contributed by atoms with van der Waals surface area (Å²) in [5, 5.41) is 3.39. The zero-order chi connectivity index (χ0) is 12.3. The number of ketones is 1. The smallest absolute Gasteiger partial charge is 0.134 e. The van der Waals surface area contributed by atoms with Crippen molar-refractivity contribution in [3.63, 3.8) is 0 Å². The summed E-state index contributed by atoms with van der Waals surface area (Å²) >= 11 is 0. The summed E-state index contributed by atoms with van der Waals surface area (Å²) in [6.07, 6.45) is 13.2. The standard InChI is InChI=1S/C15H29NO/c1-2-3-4-5-6-7-8-9-15(17)12-13-16-14-10-11-14/h14,16H,2-13H2,1H3. The Morgan fingerprint density at radius 1 is 1.00 bits per heavy atom. The second-order valence-corrected chi connectivity index (χ2v) is 5.39. The molecule has 0 aliphatic heterocycles. The Morgan fingerprint density at radius 3 is 2.29 bits per heavy atom. The van der Waals surface area contributed by atoms with E-state index in [1.165, 1.54) is 51.4 Å². The molecule has 0 amide bonds. The molecule has 2 heteroatoms. The van der Waals surface area contributed by atoms with Gasteiger partial charge in [-0.25, -0.2) is 0 Å². The maximum absolute atomic E-state index is 11.5. The normalized spacial score (nSPS) is 15.1. The molecule has 0 unspecified atom stereocenters. The number of nitrogens with one attached hydrogen (secondary N) is 1. The Morgan fingerprint density at radius 2 is 1.65 bits per heavy atom. The third kappa shape index (κ3) is 9.34. The Labute approximate surface area is 107 Å². The van der Waals surface area contributed by atoms with Crippen LogP contribution in [0.4, 0.5) is 0 Å². The molecule has 0 atom stereocenters. The fourth-order valence-electron chi connectivity index (χ4n) is 2.11. The average Bonchev–Trinajstić information content (AvgIpc) is 3.12. The fraction of sp³-hybridized carbons (Fsp3) is 0.933. The highest BCUT2D eigenvalue weighted by Gasteiger charge is 2.19. The van der Waals surface area contributed by atoms with E-state index in [1.807, 2.05) is 0 Å². The topological polar surface area (TPSA) is 29.1 Å². The molecule has 0 bridgehead atoms. The first-order valence-electron chi connectivity index (χ1n) is 7.58. The van der Waals surface area contributed by atoms with Gasteiger partial charge in [-0.3, -0.25) is 4.79 Å². The number of hydrogen-bond acceptors (Lipinski definition) is 2. The third-order valence-corrected chi connectivity index (χ3v) is 3.47.